The number of carbonyl (C=O) groups excluding carboxylic acids is 3. The van der Waals surface area contributed by atoms with Gasteiger partial charge in [0.1, 0.15) is 0 Å². The number of hydrogen-bond donors (Lipinski definition) is 1. The number of carbonyl (C=O) groups is 3. The molecule has 3 amide bonds. The first-order valence-electron chi connectivity index (χ1n) is 9.13. The zero-order chi connectivity index (χ0) is 20.5. The minimum absolute atomic E-state index is 0.0130. The summed E-state index contributed by atoms with van der Waals surface area (Å²) < 4.78 is 5.47. The topological polar surface area (TPSA) is 119 Å². The van der Waals surface area contributed by atoms with E-state index in [0.29, 0.717) is 13.2 Å². The van der Waals surface area contributed by atoms with E-state index >= 15 is 0 Å². The Morgan fingerprint density at radius 1 is 1.17 bits per heavy atom. The third-order valence-electron chi connectivity index (χ3n) is 4.96. The van der Waals surface area contributed by atoms with Crippen LogP contribution in [0, 0.1) is 10.1 Å². The van der Waals surface area contributed by atoms with Crippen molar-refractivity contribution in [2.45, 2.75) is 18.9 Å². The lowest BCUT2D eigenvalue weighted by Gasteiger charge is -2.13. The number of fused-ring (bicyclic) bond motifs is 1. The van der Waals surface area contributed by atoms with Gasteiger partial charge < -0.3 is 10.1 Å². The molecule has 1 N–H and O–H groups in total. The zero-order valence-electron chi connectivity index (χ0n) is 15.3. The first-order chi connectivity index (χ1) is 14.0. The molecular formula is C20H17N3O6. The normalized spacial score (nSPS) is 18.1. The molecule has 1 saturated heterocycles. The number of rotatable bonds is 5. The van der Waals surface area contributed by atoms with Gasteiger partial charge in [-0.15, -0.1) is 0 Å². The highest BCUT2D eigenvalue weighted by molar-refractivity contribution is 6.34. The predicted octanol–water partition coefficient (Wildman–Crippen LogP) is 2.30. The SMILES string of the molecule is O=C(NCC1CCCO1)c1ccc2c(c1)C(=O)N(c1cccc([N+](=O)[O-])c1)C2=O. The van der Waals surface area contributed by atoms with Gasteiger partial charge in [-0.25, -0.2) is 4.90 Å². The molecule has 0 radical (unpaired) electrons. The number of amides is 3. The second kappa shape index (κ2) is 7.44. The van der Waals surface area contributed by atoms with Crippen molar-refractivity contribution in [1.82, 2.24) is 5.32 Å². The van der Waals surface area contributed by atoms with Crippen LogP contribution in [0.1, 0.15) is 43.9 Å². The summed E-state index contributed by atoms with van der Waals surface area (Å²) in [5.74, 6) is -1.58. The predicted molar refractivity (Wildman–Crippen MR) is 102 cm³/mol. The largest absolute Gasteiger partial charge is 0.376 e. The molecule has 1 fully saturated rings. The Hall–Kier alpha value is -3.59. The van der Waals surface area contributed by atoms with E-state index in [1.54, 1.807) is 0 Å². The highest BCUT2D eigenvalue weighted by Crippen LogP contribution is 2.31. The number of benzene rings is 2. The summed E-state index contributed by atoms with van der Waals surface area (Å²) in [5.41, 5.74) is 0.371. The van der Waals surface area contributed by atoms with E-state index in [0.717, 1.165) is 23.8 Å². The van der Waals surface area contributed by atoms with Crippen molar-refractivity contribution in [1.29, 1.82) is 0 Å². The van der Waals surface area contributed by atoms with Gasteiger partial charge in [-0.05, 0) is 37.1 Å². The summed E-state index contributed by atoms with van der Waals surface area (Å²) in [5, 5.41) is 13.8. The van der Waals surface area contributed by atoms with E-state index < -0.39 is 16.7 Å². The van der Waals surface area contributed by atoms with Crippen LogP contribution in [0.15, 0.2) is 42.5 Å². The highest BCUT2D eigenvalue weighted by Gasteiger charge is 2.37. The summed E-state index contributed by atoms with van der Waals surface area (Å²) in [4.78, 5) is 49.2. The third-order valence-corrected chi connectivity index (χ3v) is 4.96. The highest BCUT2D eigenvalue weighted by atomic mass is 16.6. The first kappa shape index (κ1) is 18.8. The molecule has 9 nitrogen and oxygen atoms in total. The van der Waals surface area contributed by atoms with Crippen molar-refractivity contribution in [3.8, 4) is 0 Å². The Morgan fingerprint density at radius 3 is 2.69 bits per heavy atom. The van der Waals surface area contributed by atoms with Crippen molar-refractivity contribution in [3.05, 3.63) is 69.3 Å². The van der Waals surface area contributed by atoms with Crippen molar-refractivity contribution in [2.75, 3.05) is 18.1 Å². The molecule has 2 aliphatic rings. The molecule has 148 valence electrons. The summed E-state index contributed by atoms with van der Waals surface area (Å²) in [6.45, 7) is 1.06. The molecule has 2 aromatic carbocycles. The van der Waals surface area contributed by atoms with E-state index in [1.807, 2.05) is 0 Å². The average Bonchev–Trinajstić information content (AvgIpc) is 3.33. The molecule has 0 aromatic heterocycles. The first-order valence-corrected chi connectivity index (χ1v) is 9.13. The minimum atomic E-state index is -0.626. The number of anilines is 1. The summed E-state index contributed by atoms with van der Waals surface area (Å²) in [7, 11) is 0. The molecule has 2 aromatic rings. The van der Waals surface area contributed by atoms with Gasteiger partial charge >= 0.3 is 0 Å². The fraction of sp³-hybridized carbons (Fsp3) is 0.250. The monoisotopic (exact) mass is 395 g/mol. The van der Waals surface area contributed by atoms with Crippen LogP contribution in [0.4, 0.5) is 11.4 Å². The Labute approximate surface area is 165 Å². The number of nitrogens with one attached hydrogen (secondary N) is 1. The molecule has 2 aliphatic heterocycles. The lowest BCUT2D eigenvalue weighted by molar-refractivity contribution is -0.384. The summed E-state index contributed by atoms with van der Waals surface area (Å²) >= 11 is 0. The van der Waals surface area contributed by atoms with Crippen LogP contribution in [-0.2, 0) is 4.74 Å². The molecule has 2 heterocycles. The maximum Gasteiger partial charge on any atom is 0.271 e. The van der Waals surface area contributed by atoms with Crippen molar-refractivity contribution in [2.24, 2.45) is 0 Å². The van der Waals surface area contributed by atoms with E-state index in [1.165, 1.54) is 36.4 Å². The van der Waals surface area contributed by atoms with Crippen molar-refractivity contribution >= 4 is 29.1 Å². The number of ether oxygens (including phenoxy) is 1. The fourth-order valence-corrected chi connectivity index (χ4v) is 3.48. The van der Waals surface area contributed by atoms with Gasteiger partial charge in [-0.2, -0.15) is 0 Å². The van der Waals surface area contributed by atoms with E-state index in [4.69, 9.17) is 4.74 Å². The molecule has 1 atom stereocenters. The lowest BCUT2D eigenvalue weighted by atomic mass is 10.1. The van der Waals surface area contributed by atoms with Gasteiger partial charge in [0.05, 0.1) is 27.8 Å². The van der Waals surface area contributed by atoms with E-state index in [2.05, 4.69) is 5.32 Å². The maximum absolute atomic E-state index is 12.8. The van der Waals surface area contributed by atoms with Gasteiger partial charge in [0, 0.05) is 30.8 Å². The van der Waals surface area contributed by atoms with Crippen LogP contribution in [-0.4, -0.2) is 41.9 Å². The number of imide groups is 1. The maximum atomic E-state index is 12.8. The van der Waals surface area contributed by atoms with Gasteiger partial charge in [0.15, 0.2) is 0 Å². The van der Waals surface area contributed by atoms with Crippen molar-refractivity contribution < 1.29 is 24.0 Å². The number of nitro benzene ring substituents is 1. The van der Waals surface area contributed by atoms with Crippen molar-refractivity contribution in [3.63, 3.8) is 0 Å². The third kappa shape index (κ3) is 3.47. The Morgan fingerprint density at radius 2 is 1.97 bits per heavy atom. The molecule has 0 bridgehead atoms. The molecule has 0 saturated carbocycles. The molecule has 1 unspecified atom stereocenters. The minimum Gasteiger partial charge on any atom is -0.376 e. The van der Waals surface area contributed by atoms with Gasteiger partial charge in [-0.3, -0.25) is 24.5 Å². The smallest absolute Gasteiger partial charge is 0.271 e. The number of nitrogens with zero attached hydrogens (tertiary/aromatic N) is 2. The molecule has 4 rings (SSSR count). The second-order valence-electron chi connectivity index (χ2n) is 6.83. The van der Waals surface area contributed by atoms with Crippen LogP contribution in [0.25, 0.3) is 0 Å². The van der Waals surface area contributed by atoms with Gasteiger partial charge in [-0.1, -0.05) is 6.07 Å². The van der Waals surface area contributed by atoms with Crippen LogP contribution >= 0.6 is 0 Å². The Kier molecular flexibility index (Phi) is 4.81. The molecule has 29 heavy (non-hydrogen) atoms. The van der Waals surface area contributed by atoms with Crippen LogP contribution in [0.3, 0.4) is 0 Å². The quantitative estimate of drug-likeness (QED) is 0.471. The van der Waals surface area contributed by atoms with Crippen LogP contribution in [0.5, 0.6) is 0 Å². The fourth-order valence-electron chi connectivity index (χ4n) is 3.48. The average molecular weight is 395 g/mol. The number of hydrogen-bond acceptors (Lipinski definition) is 6. The number of nitro groups is 1. The summed E-state index contributed by atoms with van der Waals surface area (Å²) in [6, 6.07) is 9.57. The Balaban J connectivity index is 1.57. The standard InChI is InChI=1S/C20H17N3O6/c24-18(21-11-15-5-2-8-29-15)12-6-7-16-17(9-12)20(26)22(19(16)25)13-3-1-4-14(10-13)23(27)28/h1,3-4,6-7,9-10,15H,2,5,8,11H2,(H,21,24). The second-order valence-corrected chi connectivity index (χ2v) is 6.83. The van der Waals surface area contributed by atoms with Gasteiger partial charge in [0.25, 0.3) is 23.4 Å². The van der Waals surface area contributed by atoms with E-state index in [-0.39, 0.29) is 40.1 Å². The molecule has 0 spiro atoms. The zero-order valence-corrected chi connectivity index (χ0v) is 15.3. The lowest BCUT2D eigenvalue weighted by Crippen LogP contribution is -2.31. The Bertz CT molecular complexity index is 1030. The molecule has 0 aliphatic carbocycles. The number of non-ortho nitro benzene ring substituents is 1. The van der Waals surface area contributed by atoms with E-state index in [9.17, 15) is 24.5 Å². The molecule has 9 heteroatoms. The summed E-state index contributed by atoms with van der Waals surface area (Å²) in [6.07, 6.45) is 1.83. The van der Waals surface area contributed by atoms with Crippen LogP contribution < -0.4 is 10.2 Å². The van der Waals surface area contributed by atoms with Crippen LogP contribution in [0.2, 0.25) is 0 Å². The van der Waals surface area contributed by atoms with Gasteiger partial charge in [0.2, 0.25) is 0 Å². The molecular weight excluding hydrogens is 378 g/mol.